The zero-order valence-corrected chi connectivity index (χ0v) is 16.5. The number of pyridine rings is 1. The molecule has 1 fully saturated rings. The minimum atomic E-state index is 0.796. The summed E-state index contributed by atoms with van der Waals surface area (Å²) in [6.07, 6.45) is 11.9. The Balaban J connectivity index is 1.15. The first-order valence-electron chi connectivity index (χ1n) is 10.3. The lowest BCUT2D eigenvalue weighted by Crippen LogP contribution is -2.45. The van der Waals surface area contributed by atoms with E-state index in [0.29, 0.717) is 0 Å². The van der Waals surface area contributed by atoms with Gasteiger partial charge in [0.1, 0.15) is 6.26 Å². The van der Waals surface area contributed by atoms with Gasteiger partial charge in [-0.25, -0.2) is 0 Å². The largest absolute Gasteiger partial charge is 0.456 e. The second-order valence-electron chi connectivity index (χ2n) is 7.59. The van der Waals surface area contributed by atoms with Crippen LogP contribution < -0.4 is 0 Å². The molecule has 0 amide bonds. The van der Waals surface area contributed by atoms with Crippen molar-refractivity contribution in [3.63, 3.8) is 0 Å². The Kier molecular flexibility index (Phi) is 5.05. The number of ether oxygens (including phenoxy) is 2. The summed E-state index contributed by atoms with van der Waals surface area (Å²) in [5.74, 6) is 1.61. The first kappa shape index (κ1) is 18.0. The molecule has 5 nitrogen and oxygen atoms in total. The van der Waals surface area contributed by atoms with Crippen molar-refractivity contribution in [2.45, 2.75) is 19.4 Å². The molecule has 2 aromatic rings. The molecule has 1 aliphatic carbocycles. The number of benzene rings is 1. The van der Waals surface area contributed by atoms with Crippen LogP contribution >= 0.6 is 0 Å². The third-order valence-electron chi connectivity index (χ3n) is 5.63. The van der Waals surface area contributed by atoms with Crippen LogP contribution in [0.5, 0.6) is 0 Å². The number of nitrogens with zero attached hydrogens (tertiary/aromatic N) is 3. The molecule has 29 heavy (non-hydrogen) atoms. The van der Waals surface area contributed by atoms with E-state index in [9.17, 15) is 0 Å². The lowest BCUT2D eigenvalue weighted by atomic mass is 10.0. The lowest BCUT2D eigenvalue weighted by Gasteiger charge is -2.36. The smallest absolute Gasteiger partial charge is 0.231 e. The molecule has 0 atom stereocenters. The minimum Gasteiger partial charge on any atom is -0.456 e. The molecule has 3 aliphatic rings. The van der Waals surface area contributed by atoms with Crippen LogP contribution in [0.2, 0.25) is 0 Å². The van der Waals surface area contributed by atoms with Crippen LogP contribution in [0.15, 0.2) is 84.4 Å². The summed E-state index contributed by atoms with van der Waals surface area (Å²) in [6, 6.07) is 12.6. The van der Waals surface area contributed by atoms with E-state index in [2.05, 4.69) is 58.4 Å². The van der Waals surface area contributed by atoms with E-state index in [-0.39, 0.29) is 0 Å². The number of aromatic nitrogens is 1. The Bertz CT molecular complexity index is 1010. The first-order valence-corrected chi connectivity index (χ1v) is 10.3. The van der Waals surface area contributed by atoms with E-state index < -0.39 is 0 Å². The van der Waals surface area contributed by atoms with Crippen molar-refractivity contribution in [2.75, 3.05) is 26.2 Å². The highest BCUT2D eigenvalue weighted by molar-refractivity contribution is 5.78. The molecular formula is C24H25N3O2. The van der Waals surface area contributed by atoms with E-state index in [1.165, 1.54) is 11.0 Å². The Labute approximate surface area is 171 Å². The summed E-state index contributed by atoms with van der Waals surface area (Å²) in [6.45, 7) is 4.65. The van der Waals surface area contributed by atoms with E-state index in [0.717, 1.165) is 68.4 Å². The fraction of sp³-hybridized carbons (Fsp3) is 0.292. The van der Waals surface area contributed by atoms with Crippen molar-refractivity contribution in [2.24, 2.45) is 0 Å². The van der Waals surface area contributed by atoms with Gasteiger partial charge in [0.2, 0.25) is 5.88 Å². The molecule has 148 valence electrons. The summed E-state index contributed by atoms with van der Waals surface area (Å²) < 4.78 is 11.7. The van der Waals surface area contributed by atoms with Crippen LogP contribution in [0, 0.1) is 0 Å². The minimum absolute atomic E-state index is 0.796. The van der Waals surface area contributed by atoms with Gasteiger partial charge in [0.15, 0.2) is 12.0 Å². The van der Waals surface area contributed by atoms with Gasteiger partial charge in [-0.2, -0.15) is 0 Å². The van der Waals surface area contributed by atoms with Crippen LogP contribution in [0.3, 0.4) is 0 Å². The van der Waals surface area contributed by atoms with Gasteiger partial charge in [-0.3, -0.25) is 9.88 Å². The van der Waals surface area contributed by atoms with E-state index in [1.807, 2.05) is 6.07 Å². The Hall–Kier alpha value is -3.05. The number of fused-ring (bicyclic) bond motifs is 1. The van der Waals surface area contributed by atoms with Gasteiger partial charge in [0.25, 0.3) is 0 Å². The maximum atomic E-state index is 5.89. The van der Waals surface area contributed by atoms with Crippen LogP contribution in [-0.2, 0) is 16.0 Å². The molecule has 3 heterocycles. The molecule has 5 heteroatoms. The Morgan fingerprint density at radius 3 is 2.62 bits per heavy atom. The van der Waals surface area contributed by atoms with Gasteiger partial charge in [-0.05, 0) is 30.5 Å². The van der Waals surface area contributed by atoms with Crippen molar-refractivity contribution in [1.29, 1.82) is 0 Å². The molecule has 0 saturated carbocycles. The molecule has 0 radical (unpaired) electrons. The average molecular weight is 387 g/mol. The highest BCUT2D eigenvalue weighted by Gasteiger charge is 2.23. The number of hydrogen-bond acceptors (Lipinski definition) is 5. The van der Waals surface area contributed by atoms with Gasteiger partial charge in [0, 0.05) is 38.1 Å². The SMILES string of the molecule is C1=CCCC(C2=COC(N3CCN(Cc4ccc5ccccc5n4)CC3)=CO2)=C1. The number of rotatable bonds is 4. The van der Waals surface area contributed by atoms with Crippen LogP contribution in [-0.4, -0.2) is 41.0 Å². The van der Waals surface area contributed by atoms with Crippen molar-refractivity contribution in [3.8, 4) is 0 Å². The summed E-state index contributed by atoms with van der Waals surface area (Å²) in [5, 5.41) is 1.19. The topological polar surface area (TPSA) is 37.8 Å². The Morgan fingerprint density at radius 1 is 0.931 bits per heavy atom. The van der Waals surface area contributed by atoms with E-state index in [4.69, 9.17) is 14.5 Å². The highest BCUT2D eigenvalue weighted by atomic mass is 16.6. The summed E-state index contributed by atoms with van der Waals surface area (Å²) in [5.41, 5.74) is 3.37. The standard InChI is InChI=1S/C24H25N3O2/c1-2-7-20(8-3-1)23-17-29-24(18-28-23)27-14-12-26(13-15-27)16-21-11-10-19-6-4-5-9-22(19)25-21/h1-2,4-7,9-11,17-18H,3,8,12-16H2. The maximum Gasteiger partial charge on any atom is 0.231 e. The number of para-hydroxylation sites is 1. The van der Waals surface area contributed by atoms with Gasteiger partial charge in [-0.1, -0.05) is 42.5 Å². The molecule has 5 rings (SSSR count). The molecule has 0 bridgehead atoms. The monoisotopic (exact) mass is 387 g/mol. The highest BCUT2D eigenvalue weighted by Crippen LogP contribution is 2.26. The van der Waals surface area contributed by atoms with Gasteiger partial charge < -0.3 is 14.4 Å². The number of piperazine rings is 1. The molecular weight excluding hydrogens is 362 g/mol. The van der Waals surface area contributed by atoms with Crippen molar-refractivity contribution in [3.05, 3.63) is 90.1 Å². The molecule has 2 aliphatic heterocycles. The quantitative estimate of drug-likeness (QED) is 0.781. The zero-order chi connectivity index (χ0) is 19.5. The third kappa shape index (κ3) is 4.05. The van der Waals surface area contributed by atoms with Crippen molar-refractivity contribution >= 4 is 10.9 Å². The van der Waals surface area contributed by atoms with Crippen LogP contribution in [0.25, 0.3) is 10.9 Å². The fourth-order valence-electron chi connectivity index (χ4n) is 3.94. The molecule has 1 aromatic heterocycles. The second-order valence-corrected chi connectivity index (χ2v) is 7.59. The molecule has 0 N–H and O–H groups in total. The summed E-state index contributed by atoms with van der Waals surface area (Å²) in [7, 11) is 0. The number of hydrogen-bond donors (Lipinski definition) is 0. The van der Waals surface area contributed by atoms with Gasteiger partial charge >= 0.3 is 0 Å². The van der Waals surface area contributed by atoms with Gasteiger partial charge in [0.05, 0.1) is 11.2 Å². The maximum absolute atomic E-state index is 5.89. The van der Waals surface area contributed by atoms with Crippen LogP contribution in [0.4, 0.5) is 0 Å². The lowest BCUT2D eigenvalue weighted by molar-refractivity contribution is 0.0813. The normalized spacial score (nSPS) is 19.9. The zero-order valence-electron chi connectivity index (χ0n) is 16.5. The van der Waals surface area contributed by atoms with E-state index >= 15 is 0 Å². The molecule has 0 unspecified atom stereocenters. The van der Waals surface area contributed by atoms with Crippen molar-refractivity contribution in [1.82, 2.24) is 14.8 Å². The summed E-state index contributed by atoms with van der Waals surface area (Å²) in [4.78, 5) is 9.49. The second kappa shape index (κ2) is 8.13. The predicted octanol–water partition coefficient (Wildman–Crippen LogP) is 4.32. The summed E-state index contributed by atoms with van der Waals surface area (Å²) >= 11 is 0. The first-order chi connectivity index (χ1) is 14.3. The molecule has 1 saturated heterocycles. The van der Waals surface area contributed by atoms with Crippen molar-refractivity contribution < 1.29 is 9.47 Å². The number of allylic oxidation sites excluding steroid dienone is 4. The fourth-order valence-corrected chi connectivity index (χ4v) is 3.94. The molecule has 1 aromatic carbocycles. The molecule has 0 spiro atoms. The van der Waals surface area contributed by atoms with Gasteiger partial charge in [-0.15, -0.1) is 0 Å². The third-order valence-corrected chi connectivity index (χ3v) is 5.63. The average Bonchev–Trinajstić information content (AvgIpc) is 2.80. The Morgan fingerprint density at radius 2 is 1.83 bits per heavy atom. The van der Waals surface area contributed by atoms with E-state index in [1.54, 1.807) is 12.5 Å². The predicted molar refractivity (Wildman–Crippen MR) is 113 cm³/mol. The van der Waals surface area contributed by atoms with Crippen LogP contribution in [0.1, 0.15) is 18.5 Å².